The molecule has 1 N–H and O–H groups in total. The van der Waals surface area contributed by atoms with E-state index in [1.807, 2.05) is 0 Å². The predicted molar refractivity (Wildman–Crippen MR) is 66.3 cm³/mol. The Morgan fingerprint density at radius 1 is 1.28 bits per heavy atom. The summed E-state index contributed by atoms with van der Waals surface area (Å²) < 4.78 is 27.9. The van der Waals surface area contributed by atoms with E-state index in [0.29, 0.717) is 5.75 Å². The Kier molecular flexibility index (Phi) is 4.74. The van der Waals surface area contributed by atoms with Crippen LogP contribution in [0, 0.1) is 0 Å². The van der Waals surface area contributed by atoms with E-state index in [4.69, 9.17) is 9.84 Å². The van der Waals surface area contributed by atoms with Crippen LogP contribution in [-0.4, -0.2) is 37.5 Å². The van der Waals surface area contributed by atoms with E-state index >= 15 is 0 Å². The van der Waals surface area contributed by atoms with Gasteiger partial charge in [-0.3, -0.25) is 9.59 Å². The summed E-state index contributed by atoms with van der Waals surface area (Å²) in [5.41, 5.74) is -0.0336. The molecular formula is C10H10O6S2. The Hall–Kier alpha value is -1.54. The highest BCUT2D eigenvalue weighted by atomic mass is 33.1. The summed E-state index contributed by atoms with van der Waals surface area (Å²) in [6, 6.07) is 5.51. The van der Waals surface area contributed by atoms with Gasteiger partial charge < -0.3 is 9.84 Å². The van der Waals surface area contributed by atoms with Crippen LogP contribution in [0.15, 0.2) is 24.3 Å². The molecule has 0 amide bonds. The minimum atomic E-state index is -4.17. The number of carbonyl (C=O) groups is 2. The molecule has 98 valence electrons. The second-order valence-electron chi connectivity index (χ2n) is 3.13. The van der Waals surface area contributed by atoms with Crippen molar-refractivity contribution in [3.05, 3.63) is 29.8 Å². The molecule has 0 aromatic heterocycles. The lowest BCUT2D eigenvalue weighted by molar-refractivity contribution is -0.133. The van der Waals surface area contributed by atoms with E-state index in [9.17, 15) is 18.0 Å². The molecular weight excluding hydrogens is 280 g/mol. The van der Waals surface area contributed by atoms with Crippen molar-refractivity contribution in [2.24, 2.45) is 0 Å². The lowest BCUT2D eigenvalue weighted by Gasteiger charge is -2.03. The first-order valence-corrected chi connectivity index (χ1v) is 7.65. The molecule has 0 saturated carbocycles. The number of hydrogen-bond donors (Lipinski definition) is 1. The Labute approximate surface area is 107 Å². The third kappa shape index (κ3) is 3.74. The van der Waals surface area contributed by atoms with Gasteiger partial charge in [-0.1, -0.05) is 0 Å². The molecule has 0 saturated heterocycles. The summed E-state index contributed by atoms with van der Waals surface area (Å²) in [5.74, 6) is -1.49. The first kappa shape index (κ1) is 14.5. The van der Waals surface area contributed by atoms with E-state index in [-0.39, 0.29) is 16.4 Å². The van der Waals surface area contributed by atoms with Gasteiger partial charge >= 0.3 is 5.97 Å². The fraction of sp³-hybridized carbons (Fsp3) is 0.200. The quantitative estimate of drug-likeness (QED) is 0.807. The highest BCUT2D eigenvalue weighted by molar-refractivity contribution is 8.77. The molecule has 0 bridgehead atoms. The third-order valence-electron chi connectivity index (χ3n) is 1.89. The standard InChI is InChI=1S/C10H10O6S2/c1-16-8-4-2-7(3-5-8)10(13)18(14,15)17-6-9(11)12/h2-5H,6H2,1H3,(H,11,12). The summed E-state index contributed by atoms with van der Waals surface area (Å²) in [6.45, 7) is 0. The number of hydrogen-bond acceptors (Lipinski definition) is 6. The lowest BCUT2D eigenvalue weighted by Crippen LogP contribution is -2.13. The van der Waals surface area contributed by atoms with Crippen LogP contribution in [0.4, 0.5) is 0 Å². The number of carboxylic acids is 1. The molecule has 0 radical (unpaired) electrons. The number of methoxy groups -OCH3 is 1. The minimum Gasteiger partial charge on any atom is -0.497 e. The van der Waals surface area contributed by atoms with Crippen molar-refractivity contribution >= 4 is 30.7 Å². The van der Waals surface area contributed by atoms with E-state index < -0.39 is 25.7 Å². The highest BCUT2D eigenvalue weighted by Gasteiger charge is 2.25. The van der Waals surface area contributed by atoms with Crippen LogP contribution in [0.25, 0.3) is 0 Å². The zero-order valence-corrected chi connectivity index (χ0v) is 11.0. The maximum absolute atomic E-state index is 11.6. The van der Waals surface area contributed by atoms with Crippen molar-refractivity contribution in [3.8, 4) is 5.75 Å². The molecule has 0 fully saturated rings. The van der Waals surface area contributed by atoms with Crippen LogP contribution in [0.1, 0.15) is 10.4 Å². The normalized spacial score (nSPS) is 10.9. The van der Waals surface area contributed by atoms with Gasteiger partial charge in [0.15, 0.2) is 0 Å². The van der Waals surface area contributed by atoms with Crippen molar-refractivity contribution in [1.29, 1.82) is 0 Å². The Bertz CT molecular complexity index is 546. The van der Waals surface area contributed by atoms with Crippen molar-refractivity contribution in [1.82, 2.24) is 0 Å². The number of rotatable bonds is 5. The van der Waals surface area contributed by atoms with Crippen LogP contribution in [0.3, 0.4) is 0 Å². The highest BCUT2D eigenvalue weighted by Crippen LogP contribution is 2.20. The SMILES string of the molecule is COc1ccc(C(=O)S(=O)(=O)SCC(=O)O)cc1. The second kappa shape index (κ2) is 5.87. The monoisotopic (exact) mass is 290 g/mol. The fourth-order valence-electron chi connectivity index (χ4n) is 1.05. The fourth-order valence-corrected chi connectivity index (χ4v) is 3.22. The smallest absolute Gasteiger partial charge is 0.314 e. The Balaban J connectivity index is 2.88. The summed E-state index contributed by atoms with van der Waals surface area (Å²) in [4.78, 5) is 21.9. The maximum atomic E-state index is 11.6. The largest absolute Gasteiger partial charge is 0.497 e. The molecule has 0 unspecified atom stereocenters. The van der Waals surface area contributed by atoms with Gasteiger partial charge in [0.25, 0.3) is 14.0 Å². The van der Waals surface area contributed by atoms with Gasteiger partial charge in [-0.2, -0.15) is 0 Å². The summed E-state index contributed by atoms with van der Waals surface area (Å²) in [6.07, 6.45) is 0. The summed E-state index contributed by atoms with van der Waals surface area (Å²) in [7, 11) is -2.64. The zero-order valence-electron chi connectivity index (χ0n) is 9.32. The van der Waals surface area contributed by atoms with E-state index in [1.165, 1.54) is 31.4 Å². The van der Waals surface area contributed by atoms with Crippen molar-refractivity contribution < 1.29 is 27.9 Å². The average molecular weight is 290 g/mol. The number of ether oxygens (including phenoxy) is 1. The van der Waals surface area contributed by atoms with Crippen molar-refractivity contribution in [2.75, 3.05) is 12.9 Å². The second-order valence-corrected chi connectivity index (χ2v) is 6.95. The first-order valence-electron chi connectivity index (χ1n) is 4.66. The van der Waals surface area contributed by atoms with Crippen LogP contribution in [0.2, 0.25) is 0 Å². The van der Waals surface area contributed by atoms with Crippen LogP contribution in [0.5, 0.6) is 5.75 Å². The molecule has 0 aliphatic rings. The average Bonchev–Trinajstić information content (AvgIpc) is 2.36. The number of carbonyl (C=O) groups excluding carboxylic acids is 1. The van der Waals surface area contributed by atoms with Crippen molar-refractivity contribution in [3.63, 3.8) is 0 Å². The molecule has 18 heavy (non-hydrogen) atoms. The lowest BCUT2D eigenvalue weighted by atomic mass is 10.2. The molecule has 1 aromatic rings. The van der Waals surface area contributed by atoms with E-state index in [1.54, 1.807) is 0 Å². The Morgan fingerprint density at radius 2 is 1.83 bits per heavy atom. The molecule has 8 heteroatoms. The number of aliphatic carboxylic acids is 1. The van der Waals surface area contributed by atoms with E-state index in [0.717, 1.165) is 0 Å². The minimum absolute atomic E-state index is 0.0336. The van der Waals surface area contributed by atoms with Gasteiger partial charge in [-0.25, -0.2) is 8.42 Å². The molecule has 0 spiro atoms. The maximum Gasteiger partial charge on any atom is 0.314 e. The van der Waals surface area contributed by atoms with Crippen LogP contribution < -0.4 is 4.74 Å². The number of carboxylic acid groups (broad SMARTS) is 1. The molecule has 1 rings (SSSR count). The third-order valence-corrected chi connectivity index (χ3v) is 4.99. The Morgan fingerprint density at radius 3 is 2.28 bits per heavy atom. The van der Waals surface area contributed by atoms with Crippen molar-refractivity contribution in [2.45, 2.75) is 0 Å². The molecule has 0 heterocycles. The van der Waals surface area contributed by atoms with Gasteiger partial charge in [0.05, 0.1) is 7.11 Å². The van der Waals surface area contributed by atoms with Gasteiger partial charge in [0.2, 0.25) is 0 Å². The summed E-state index contributed by atoms with van der Waals surface area (Å²) >= 11 is 0. The van der Waals surface area contributed by atoms with Gasteiger partial charge in [-0.15, -0.1) is 0 Å². The van der Waals surface area contributed by atoms with Gasteiger partial charge in [0, 0.05) is 5.56 Å². The van der Waals surface area contributed by atoms with Gasteiger partial charge in [0.1, 0.15) is 11.5 Å². The molecule has 0 aliphatic carbocycles. The van der Waals surface area contributed by atoms with Gasteiger partial charge in [-0.05, 0) is 35.1 Å². The number of benzene rings is 1. The molecule has 0 aliphatic heterocycles. The molecule has 0 atom stereocenters. The first-order chi connectivity index (χ1) is 8.36. The molecule has 6 nitrogen and oxygen atoms in total. The van der Waals surface area contributed by atoms with Crippen LogP contribution >= 0.6 is 10.8 Å². The van der Waals surface area contributed by atoms with E-state index in [2.05, 4.69) is 0 Å². The zero-order chi connectivity index (χ0) is 13.8. The predicted octanol–water partition coefficient (Wildman–Crippen LogP) is 0.983. The summed E-state index contributed by atoms with van der Waals surface area (Å²) in [5, 5.41) is 7.27. The topological polar surface area (TPSA) is 97.7 Å². The van der Waals surface area contributed by atoms with Crippen LogP contribution in [-0.2, 0) is 13.7 Å². The molecule has 1 aromatic carbocycles.